The van der Waals surface area contributed by atoms with Crippen molar-refractivity contribution in [3.8, 4) is 22.4 Å². The fourth-order valence-electron chi connectivity index (χ4n) is 3.76. The zero-order chi connectivity index (χ0) is 24.2. The van der Waals surface area contributed by atoms with Crippen molar-refractivity contribution in [2.75, 3.05) is 7.05 Å². The molecule has 7 heteroatoms. The Balaban J connectivity index is 1.84. The van der Waals surface area contributed by atoms with Gasteiger partial charge in [0.05, 0.1) is 16.3 Å². The molecule has 1 aromatic heterocycles. The fourth-order valence-corrected chi connectivity index (χ4v) is 4.34. The molecule has 0 atom stereocenters. The maximum absolute atomic E-state index is 13.5. The van der Waals surface area contributed by atoms with Crippen LogP contribution in [-0.4, -0.2) is 28.7 Å². The predicted octanol–water partition coefficient (Wildman–Crippen LogP) is 6.09. The van der Waals surface area contributed by atoms with Gasteiger partial charge in [0.25, 0.3) is 5.91 Å². The Morgan fingerprint density at radius 3 is 2.29 bits per heavy atom. The number of pyridine rings is 1. The number of rotatable bonds is 6. The molecule has 0 saturated carbocycles. The molecule has 0 saturated heterocycles. The van der Waals surface area contributed by atoms with E-state index in [1.807, 2.05) is 54.6 Å². The number of benzene rings is 3. The number of nitrogens with zero attached hydrogens (tertiary/aromatic N) is 2. The summed E-state index contributed by atoms with van der Waals surface area (Å²) in [5, 5.41) is 0.611. The molecule has 3 aromatic carbocycles. The Bertz CT molecular complexity index is 1360. The van der Waals surface area contributed by atoms with Crippen LogP contribution in [0.25, 0.3) is 22.4 Å². The summed E-state index contributed by atoms with van der Waals surface area (Å²) in [4.78, 5) is 31.5. The number of primary amides is 1. The van der Waals surface area contributed by atoms with Gasteiger partial charge in [-0.2, -0.15) is 0 Å². The lowest BCUT2D eigenvalue weighted by Gasteiger charge is -2.21. The number of halogens is 2. The molecular weight excluding hydrogens is 469 g/mol. The van der Waals surface area contributed by atoms with Gasteiger partial charge in [-0.15, -0.1) is 0 Å². The molecule has 170 valence electrons. The number of hydrogen-bond acceptors (Lipinski definition) is 3. The van der Waals surface area contributed by atoms with Gasteiger partial charge in [0.1, 0.15) is 0 Å². The van der Waals surface area contributed by atoms with E-state index in [2.05, 4.69) is 4.98 Å². The van der Waals surface area contributed by atoms with Gasteiger partial charge in [-0.3, -0.25) is 14.6 Å². The van der Waals surface area contributed by atoms with Gasteiger partial charge in [0.15, 0.2) is 0 Å². The minimum absolute atomic E-state index is 0.112. The normalized spacial score (nSPS) is 10.7. The number of nitrogens with two attached hydrogens (primary N) is 1. The Labute approximate surface area is 207 Å². The smallest absolute Gasteiger partial charge is 0.254 e. The van der Waals surface area contributed by atoms with Crippen molar-refractivity contribution in [1.82, 2.24) is 9.88 Å². The van der Waals surface area contributed by atoms with E-state index in [-0.39, 0.29) is 16.5 Å². The van der Waals surface area contributed by atoms with Crippen LogP contribution in [0, 0.1) is 0 Å². The lowest BCUT2D eigenvalue weighted by molar-refractivity contribution is 0.0785. The fraction of sp³-hybridized carbons (Fsp3) is 0.0741. The number of aromatic nitrogens is 1. The molecule has 0 bridgehead atoms. The predicted molar refractivity (Wildman–Crippen MR) is 136 cm³/mol. The quantitative estimate of drug-likeness (QED) is 0.355. The van der Waals surface area contributed by atoms with Crippen LogP contribution in [0.3, 0.4) is 0 Å². The summed E-state index contributed by atoms with van der Waals surface area (Å²) >= 11 is 13.1. The second-order valence-electron chi connectivity index (χ2n) is 7.77. The van der Waals surface area contributed by atoms with Crippen molar-refractivity contribution >= 4 is 35.0 Å². The number of carbonyl (C=O) groups excluding carboxylic acids is 2. The van der Waals surface area contributed by atoms with Crippen molar-refractivity contribution in [2.24, 2.45) is 5.73 Å². The standard InChI is InChI=1S/C27H21Cl2N3O2/c1-32(16-17-7-3-2-4-8-17)27(34)19-11-12-20(26(30)33)25(29)24(19)18-10-13-22(28)21(15-18)23-9-5-6-14-31-23/h2-15H,16H2,1H3,(H2,30,33). The van der Waals surface area contributed by atoms with Gasteiger partial charge in [-0.1, -0.05) is 65.7 Å². The highest BCUT2D eigenvalue weighted by molar-refractivity contribution is 6.37. The Hall–Kier alpha value is -3.67. The lowest BCUT2D eigenvalue weighted by Crippen LogP contribution is -2.27. The molecule has 4 aromatic rings. The molecule has 2 N–H and O–H groups in total. The molecule has 0 unspecified atom stereocenters. The van der Waals surface area contributed by atoms with E-state index in [1.165, 1.54) is 6.07 Å². The minimum Gasteiger partial charge on any atom is -0.366 e. The first kappa shape index (κ1) is 23.5. The van der Waals surface area contributed by atoms with Crippen molar-refractivity contribution in [3.63, 3.8) is 0 Å². The molecule has 34 heavy (non-hydrogen) atoms. The van der Waals surface area contributed by atoms with Crippen LogP contribution < -0.4 is 5.73 Å². The highest BCUT2D eigenvalue weighted by atomic mass is 35.5. The third-order valence-corrected chi connectivity index (χ3v) is 6.17. The van der Waals surface area contributed by atoms with Crippen LogP contribution in [0.1, 0.15) is 26.3 Å². The second kappa shape index (κ2) is 10.1. The first-order chi connectivity index (χ1) is 16.4. The molecule has 5 nitrogen and oxygen atoms in total. The van der Waals surface area contributed by atoms with Gasteiger partial charge >= 0.3 is 0 Å². The van der Waals surface area contributed by atoms with Gasteiger partial charge in [-0.25, -0.2) is 0 Å². The molecule has 1 heterocycles. The summed E-state index contributed by atoms with van der Waals surface area (Å²) in [5.41, 5.74) is 9.40. The zero-order valence-electron chi connectivity index (χ0n) is 18.3. The van der Waals surface area contributed by atoms with Crippen molar-refractivity contribution < 1.29 is 9.59 Å². The van der Waals surface area contributed by atoms with E-state index >= 15 is 0 Å². The summed E-state index contributed by atoms with van der Waals surface area (Å²) in [7, 11) is 1.72. The Morgan fingerprint density at radius 1 is 0.912 bits per heavy atom. The average molecular weight is 490 g/mol. The monoisotopic (exact) mass is 489 g/mol. The summed E-state index contributed by atoms with van der Waals surface area (Å²) < 4.78 is 0. The first-order valence-corrected chi connectivity index (χ1v) is 11.3. The topological polar surface area (TPSA) is 76.3 Å². The molecule has 0 aliphatic carbocycles. The van der Waals surface area contributed by atoms with Crippen molar-refractivity contribution in [2.45, 2.75) is 6.54 Å². The van der Waals surface area contributed by atoms with Crippen molar-refractivity contribution in [3.05, 3.63) is 112 Å². The highest BCUT2D eigenvalue weighted by Gasteiger charge is 2.23. The minimum atomic E-state index is -0.679. The number of carbonyl (C=O) groups is 2. The van der Waals surface area contributed by atoms with E-state index in [1.54, 1.807) is 36.3 Å². The summed E-state index contributed by atoms with van der Waals surface area (Å²) in [6.45, 7) is 0.411. The molecule has 0 fully saturated rings. The van der Waals surface area contributed by atoms with Crippen LogP contribution in [0.2, 0.25) is 10.0 Å². The van der Waals surface area contributed by atoms with E-state index in [0.717, 1.165) is 5.56 Å². The van der Waals surface area contributed by atoms with Crippen molar-refractivity contribution in [1.29, 1.82) is 0 Å². The van der Waals surface area contributed by atoms with E-state index in [0.29, 0.717) is 39.5 Å². The lowest BCUT2D eigenvalue weighted by atomic mass is 9.94. The van der Waals surface area contributed by atoms with Crippen LogP contribution in [0.15, 0.2) is 85.1 Å². The summed E-state index contributed by atoms with van der Waals surface area (Å²) in [6, 6.07) is 23.5. The van der Waals surface area contributed by atoms with Gasteiger partial charge < -0.3 is 10.6 Å². The third kappa shape index (κ3) is 4.81. The highest BCUT2D eigenvalue weighted by Crippen LogP contribution is 2.38. The Morgan fingerprint density at radius 2 is 1.62 bits per heavy atom. The van der Waals surface area contributed by atoms with Gasteiger partial charge in [-0.05, 0) is 47.5 Å². The molecule has 0 aliphatic heterocycles. The van der Waals surface area contributed by atoms with E-state index in [4.69, 9.17) is 28.9 Å². The molecule has 0 spiro atoms. The zero-order valence-corrected chi connectivity index (χ0v) is 19.8. The Kier molecular flexibility index (Phi) is 6.96. The summed E-state index contributed by atoms with van der Waals surface area (Å²) in [5.74, 6) is -0.923. The summed E-state index contributed by atoms with van der Waals surface area (Å²) in [6.07, 6.45) is 1.67. The van der Waals surface area contributed by atoms with E-state index in [9.17, 15) is 9.59 Å². The molecule has 4 rings (SSSR count). The largest absolute Gasteiger partial charge is 0.366 e. The van der Waals surface area contributed by atoms with Crippen LogP contribution in [-0.2, 0) is 6.54 Å². The number of amides is 2. The SMILES string of the molecule is CN(Cc1ccccc1)C(=O)c1ccc(C(N)=O)c(Cl)c1-c1ccc(Cl)c(-c2ccccn2)c1. The second-order valence-corrected chi connectivity index (χ2v) is 8.56. The van der Waals surface area contributed by atoms with Crippen LogP contribution >= 0.6 is 23.2 Å². The maximum Gasteiger partial charge on any atom is 0.254 e. The molecule has 2 amide bonds. The molecule has 0 aliphatic rings. The third-order valence-electron chi connectivity index (χ3n) is 5.44. The molecular formula is C27H21Cl2N3O2. The van der Waals surface area contributed by atoms with Crippen LogP contribution in [0.4, 0.5) is 0 Å². The van der Waals surface area contributed by atoms with Gasteiger partial charge in [0, 0.05) is 41.5 Å². The van der Waals surface area contributed by atoms with E-state index < -0.39 is 5.91 Å². The van der Waals surface area contributed by atoms with Gasteiger partial charge in [0.2, 0.25) is 5.91 Å². The maximum atomic E-state index is 13.5. The molecule has 0 radical (unpaired) electrons. The first-order valence-electron chi connectivity index (χ1n) is 10.5. The van der Waals surface area contributed by atoms with Crippen LogP contribution in [0.5, 0.6) is 0 Å². The average Bonchev–Trinajstić information content (AvgIpc) is 2.84. The number of hydrogen-bond donors (Lipinski definition) is 1.